The molecule has 0 aliphatic heterocycles. The molecular weight excluding hydrogens is 605 g/mol. The molecule has 2 nitrogen and oxygen atoms in total. The van der Waals surface area contributed by atoms with Crippen molar-refractivity contribution in [2.24, 2.45) is 0 Å². The highest BCUT2D eigenvalue weighted by Crippen LogP contribution is 2.44. The molecule has 232 valence electrons. The van der Waals surface area contributed by atoms with Gasteiger partial charge in [0.15, 0.2) is 0 Å². The molecule has 0 saturated carbocycles. The number of benzene rings is 8. The lowest BCUT2D eigenvalue weighted by atomic mass is 9.85. The van der Waals surface area contributed by atoms with Crippen LogP contribution in [0.15, 0.2) is 182 Å². The van der Waals surface area contributed by atoms with Gasteiger partial charge in [-0.15, -0.1) is 0 Å². The molecule has 10 rings (SSSR count). The highest BCUT2D eigenvalue weighted by molar-refractivity contribution is 6.22. The molecule has 0 fully saturated rings. The van der Waals surface area contributed by atoms with Crippen molar-refractivity contribution in [3.05, 3.63) is 182 Å². The van der Waals surface area contributed by atoms with Gasteiger partial charge in [-0.2, -0.15) is 0 Å². The first-order valence-corrected chi connectivity index (χ1v) is 17.1. The Balaban J connectivity index is 1.12. The van der Waals surface area contributed by atoms with Crippen LogP contribution in [0, 0.1) is 0 Å². The lowest BCUT2D eigenvalue weighted by Crippen LogP contribution is -1.91. The van der Waals surface area contributed by atoms with Crippen LogP contribution in [0.2, 0.25) is 0 Å². The van der Waals surface area contributed by atoms with Crippen LogP contribution in [-0.4, -0.2) is 9.97 Å². The molecule has 0 aliphatic rings. The van der Waals surface area contributed by atoms with Crippen LogP contribution in [0.4, 0.5) is 0 Å². The van der Waals surface area contributed by atoms with Crippen molar-refractivity contribution in [2.75, 3.05) is 0 Å². The average molecular weight is 635 g/mol. The van der Waals surface area contributed by atoms with Gasteiger partial charge < -0.3 is 0 Å². The number of rotatable bonds is 4. The monoisotopic (exact) mass is 634 g/mol. The first-order chi connectivity index (χ1) is 24.8. The molecule has 2 heteroatoms. The maximum absolute atomic E-state index is 5.11. The van der Waals surface area contributed by atoms with Crippen LogP contribution < -0.4 is 0 Å². The van der Waals surface area contributed by atoms with Gasteiger partial charge in [0.1, 0.15) is 0 Å². The number of aromatic nitrogens is 2. The summed E-state index contributed by atoms with van der Waals surface area (Å²) < 4.78 is 0. The standard InChI is InChI=1S/C48H30N2/c1-2-10-31(11-3-1)34-12-8-13-38(29-34)45-40-15-4-6-17-42(40)46(43-18-7-5-16-41(43)45)39-24-22-35-28-37(23-21-36(35)30-39)44-26-25-33-20-19-32-14-9-27-49-47(32)48(33)50-44/h1-30H. The molecule has 0 aliphatic carbocycles. The van der Waals surface area contributed by atoms with E-state index in [2.05, 4.69) is 175 Å². The lowest BCUT2D eigenvalue weighted by Gasteiger charge is -2.18. The summed E-state index contributed by atoms with van der Waals surface area (Å²) in [6, 6.07) is 63.5. The zero-order valence-electron chi connectivity index (χ0n) is 27.2. The number of hydrogen-bond donors (Lipinski definition) is 0. The minimum absolute atomic E-state index is 0.935. The van der Waals surface area contributed by atoms with E-state index in [9.17, 15) is 0 Å². The highest BCUT2D eigenvalue weighted by atomic mass is 14.7. The molecule has 0 spiro atoms. The van der Waals surface area contributed by atoms with Gasteiger partial charge >= 0.3 is 0 Å². The van der Waals surface area contributed by atoms with Gasteiger partial charge in [0.25, 0.3) is 0 Å². The normalized spacial score (nSPS) is 11.6. The van der Waals surface area contributed by atoms with Crippen molar-refractivity contribution in [3.8, 4) is 44.6 Å². The first kappa shape index (κ1) is 28.4. The zero-order valence-corrected chi connectivity index (χ0v) is 27.2. The van der Waals surface area contributed by atoms with E-state index in [0.717, 1.165) is 33.1 Å². The predicted octanol–water partition coefficient (Wildman–Crippen LogP) is 12.9. The van der Waals surface area contributed by atoms with Gasteiger partial charge in [0.05, 0.1) is 16.7 Å². The van der Waals surface area contributed by atoms with E-state index in [0.29, 0.717) is 0 Å². The molecule has 2 heterocycles. The Hall–Kier alpha value is -6.64. The van der Waals surface area contributed by atoms with Gasteiger partial charge in [-0.05, 0) is 96.0 Å². The molecule has 10 aromatic rings. The van der Waals surface area contributed by atoms with E-state index >= 15 is 0 Å². The Labute approximate surface area is 290 Å². The van der Waals surface area contributed by atoms with Crippen LogP contribution in [-0.2, 0) is 0 Å². The summed E-state index contributed by atoms with van der Waals surface area (Å²) in [7, 11) is 0. The predicted molar refractivity (Wildman–Crippen MR) is 211 cm³/mol. The summed E-state index contributed by atoms with van der Waals surface area (Å²) in [4.78, 5) is 9.76. The Morgan fingerprint density at radius 2 is 0.820 bits per heavy atom. The second-order valence-electron chi connectivity index (χ2n) is 13.0. The van der Waals surface area contributed by atoms with Gasteiger partial charge in [0, 0.05) is 22.5 Å². The van der Waals surface area contributed by atoms with Crippen molar-refractivity contribution in [3.63, 3.8) is 0 Å². The fraction of sp³-hybridized carbons (Fsp3) is 0. The number of pyridine rings is 2. The van der Waals surface area contributed by atoms with Gasteiger partial charge in [-0.25, -0.2) is 4.98 Å². The summed E-state index contributed by atoms with van der Waals surface area (Å²) in [5, 5.41) is 9.60. The van der Waals surface area contributed by atoms with E-state index in [4.69, 9.17) is 4.98 Å². The third-order valence-electron chi connectivity index (χ3n) is 10.0. The Kier molecular flexibility index (Phi) is 6.53. The quantitative estimate of drug-likeness (QED) is 0.142. The largest absolute Gasteiger partial charge is 0.254 e. The maximum Gasteiger partial charge on any atom is 0.0972 e. The fourth-order valence-corrected chi connectivity index (χ4v) is 7.68. The van der Waals surface area contributed by atoms with E-state index < -0.39 is 0 Å². The van der Waals surface area contributed by atoms with Crippen LogP contribution in [0.25, 0.3) is 98.8 Å². The number of fused-ring (bicyclic) bond motifs is 6. The van der Waals surface area contributed by atoms with E-state index in [1.165, 1.54) is 65.7 Å². The smallest absolute Gasteiger partial charge is 0.0972 e. The van der Waals surface area contributed by atoms with Gasteiger partial charge in [-0.1, -0.05) is 146 Å². The van der Waals surface area contributed by atoms with Crippen molar-refractivity contribution < 1.29 is 0 Å². The lowest BCUT2D eigenvalue weighted by molar-refractivity contribution is 1.37. The first-order valence-electron chi connectivity index (χ1n) is 17.1. The molecular formula is C48H30N2. The van der Waals surface area contributed by atoms with E-state index in [-0.39, 0.29) is 0 Å². The van der Waals surface area contributed by atoms with Gasteiger partial charge in [-0.3, -0.25) is 4.98 Å². The van der Waals surface area contributed by atoms with Crippen LogP contribution in [0.3, 0.4) is 0 Å². The van der Waals surface area contributed by atoms with Crippen molar-refractivity contribution >= 4 is 54.1 Å². The molecule has 0 unspecified atom stereocenters. The van der Waals surface area contributed by atoms with Crippen LogP contribution in [0.1, 0.15) is 0 Å². The fourth-order valence-electron chi connectivity index (χ4n) is 7.68. The van der Waals surface area contributed by atoms with Crippen molar-refractivity contribution in [1.29, 1.82) is 0 Å². The Morgan fingerprint density at radius 3 is 1.52 bits per heavy atom. The molecule has 2 aromatic heterocycles. The molecule has 0 bridgehead atoms. The topological polar surface area (TPSA) is 25.8 Å². The summed E-state index contributed by atoms with van der Waals surface area (Å²) in [5.74, 6) is 0. The van der Waals surface area contributed by atoms with Crippen molar-refractivity contribution in [1.82, 2.24) is 9.97 Å². The van der Waals surface area contributed by atoms with E-state index in [1.807, 2.05) is 12.3 Å². The van der Waals surface area contributed by atoms with Crippen molar-refractivity contribution in [2.45, 2.75) is 0 Å². The minimum atomic E-state index is 0.935. The molecule has 50 heavy (non-hydrogen) atoms. The summed E-state index contributed by atoms with van der Waals surface area (Å²) in [5.41, 5.74) is 11.3. The summed E-state index contributed by atoms with van der Waals surface area (Å²) in [6.45, 7) is 0. The zero-order chi connectivity index (χ0) is 33.0. The molecule has 0 radical (unpaired) electrons. The number of nitrogens with zero attached hydrogens (tertiary/aromatic N) is 2. The molecule has 0 amide bonds. The third-order valence-corrected chi connectivity index (χ3v) is 10.0. The second kappa shape index (κ2) is 11.5. The summed E-state index contributed by atoms with van der Waals surface area (Å²) >= 11 is 0. The summed E-state index contributed by atoms with van der Waals surface area (Å²) in [6.07, 6.45) is 1.84. The maximum atomic E-state index is 5.11. The Morgan fingerprint density at radius 1 is 0.300 bits per heavy atom. The Bertz CT molecular complexity index is 2870. The molecule has 0 N–H and O–H groups in total. The average Bonchev–Trinajstić information content (AvgIpc) is 3.19. The van der Waals surface area contributed by atoms with Gasteiger partial charge in [0.2, 0.25) is 0 Å². The van der Waals surface area contributed by atoms with Crippen LogP contribution in [0.5, 0.6) is 0 Å². The van der Waals surface area contributed by atoms with E-state index in [1.54, 1.807) is 0 Å². The molecule has 0 atom stereocenters. The third kappa shape index (κ3) is 4.65. The highest BCUT2D eigenvalue weighted by Gasteiger charge is 2.17. The SMILES string of the molecule is c1ccc(-c2cccc(-c3c4ccccc4c(-c4ccc5cc(-c6ccc7ccc8cccnc8c7n6)ccc5c4)c4ccccc34)c2)cc1. The second-order valence-corrected chi connectivity index (χ2v) is 13.0. The van der Waals surface area contributed by atoms with Crippen LogP contribution >= 0.6 is 0 Å². The molecule has 8 aromatic carbocycles. The number of hydrogen-bond acceptors (Lipinski definition) is 2. The minimum Gasteiger partial charge on any atom is -0.254 e. The molecule has 0 saturated heterocycles.